The Balaban J connectivity index is 0.00000387. The number of carboxylic acids is 1. The van der Waals surface area contributed by atoms with Crippen molar-refractivity contribution in [2.45, 2.75) is 38.3 Å². The van der Waals surface area contributed by atoms with Crippen LogP contribution in [0.1, 0.15) is 63.0 Å². The van der Waals surface area contributed by atoms with Gasteiger partial charge in [0.1, 0.15) is 0 Å². The molecule has 1 aliphatic carbocycles. The predicted octanol–water partition coefficient (Wildman–Crippen LogP) is 8.61. The van der Waals surface area contributed by atoms with Gasteiger partial charge in [0.05, 0.1) is 17.8 Å². The van der Waals surface area contributed by atoms with Crippen molar-refractivity contribution in [3.05, 3.63) is 105 Å². The standard InChI is InChI=1S/C32H30ClF4NO2.ClH/c33-29-17-25(32(35,36)37)10-12-27(29)28-4-1-3-23-16-24(31(39)40)9-11-26(23)30(28)22-7-5-20(6-8-22)15-21-18-38(19-21)14-2-13-34;/h5-12,16-17,21H,1-4,13-15,18-19H2,(H,39,40);1H. The van der Waals surface area contributed by atoms with Crippen molar-refractivity contribution < 1.29 is 27.5 Å². The van der Waals surface area contributed by atoms with E-state index in [1.54, 1.807) is 18.2 Å². The number of halogens is 6. The van der Waals surface area contributed by atoms with Crippen LogP contribution >= 0.6 is 24.0 Å². The predicted molar refractivity (Wildman–Crippen MR) is 157 cm³/mol. The zero-order valence-corrected chi connectivity index (χ0v) is 23.9. The Hall–Kier alpha value is -2.87. The summed E-state index contributed by atoms with van der Waals surface area (Å²) in [6.45, 7) is 2.42. The highest BCUT2D eigenvalue weighted by molar-refractivity contribution is 6.33. The first kappa shape index (κ1) is 31.1. The molecule has 1 saturated heterocycles. The van der Waals surface area contributed by atoms with Crippen LogP contribution in [-0.4, -0.2) is 42.3 Å². The van der Waals surface area contributed by atoms with E-state index < -0.39 is 17.7 Å². The summed E-state index contributed by atoms with van der Waals surface area (Å²) in [6, 6.07) is 16.7. The Labute approximate surface area is 248 Å². The summed E-state index contributed by atoms with van der Waals surface area (Å²) in [5.41, 5.74) is 5.49. The molecule has 9 heteroatoms. The van der Waals surface area contributed by atoms with Gasteiger partial charge < -0.3 is 10.0 Å². The molecular weight excluding hydrogens is 577 g/mol. The third-order valence-corrected chi connectivity index (χ3v) is 8.14. The van der Waals surface area contributed by atoms with E-state index in [2.05, 4.69) is 17.0 Å². The van der Waals surface area contributed by atoms with Gasteiger partial charge in [0.25, 0.3) is 0 Å². The molecule has 3 nitrogen and oxygen atoms in total. The van der Waals surface area contributed by atoms with Crippen LogP contribution in [0.4, 0.5) is 17.6 Å². The lowest BCUT2D eigenvalue weighted by molar-refractivity contribution is -0.137. The first-order valence-corrected chi connectivity index (χ1v) is 13.9. The number of hydrogen-bond acceptors (Lipinski definition) is 2. The Morgan fingerprint density at radius 3 is 2.32 bits per heavy atom. The fourth-order valence-electron chi connectivity index (χ4n) is 5.87. The van der Waals surface area contributed by atoms with E-state index in [4.69, 9.17) is 11.6 Å². The second-order valence-electron chi connectivity index (χ2n) is 10.6. The minimum absolute atomic E-state index is 0. The molecule has 0 unspecified atom stereocenters. The molecular formula is C32H31Cl2F4NO2. The Bertz CT molecular complexity index is 1430. The number of allylic oxidation sites excluding steroid dienone is 1. The number of fused-ring (bicyclic) bond motifs is 1. The van der Waals surface area contributed by atoms with E-state index in [-0.39, 0.29) is 29.7 Å². The van der Waals surface area contributed by atoms with E-state index in [0.717, 1.165) is 66.0 Å². The highest BCUT2D eigenvalue weighted by Gasteiger charge is 2.32. The molecule has 0 atom stereocenters. The Morgan fingerprint density at radius 2 is 1.68 bits per heavy atom. The molecule has 2 aliphatic rings. The number of likely N-dealkylation sites (tertiary alicyclic amines) is 1. The Kier molecular flexibility index (Phi) is 9.83. The highest BCUT2D eigenvalue weighted by atomic mass is 35.5. The highest BCUT2D eigenvalue weighted by Crippen LogP contribution is 2.43. The van der Waals surface area contributed by atoms with Crippen molar-refractivity contribution in [1.82, 2.24) is 4.90 Å². The topological polar surface area (TPSA) is 40.5 Å². The van der Waals surface area contributed by atoms with Crippen LogP contribution in [0.5, 0.6) is 0 Å². The van der Waals surface area contributed by atoms with E-state index in [9.17, 15) is 27.5 Å². The van der Waals surface area contributed by atoms with Gasteiger partial charge >= 0.3 is 12.1 Å². The van der Waals surface area contributed by atoms with Crippen LogP contribution < -0.4 is 0 Å². The average Bonchev–Trinajstić information content (AvgIpc) is 3.08. The maximum Gasteiger partial charge on any atom is 0.416 e. The first-order chi connectivity index (χ1) is 19.1. The summed E-state index contributed by atoms with van der Waals surface area (Å²) in [6.07, 6.45) is -1.09. The molecule has 1 N–H and O–H groups in total. The number of benzene rings is 3. The summed E-state index contributed by atoms with van der Waals surface area (Å²) in [4.78, 5) is 13.9. The Morgan fingerprint density at radius 1 is 0.976 bits per heavy atom. The molecule has 3 aromatic carbocycles. The lowest BCUT2D eigenvalue weighted by atomic mass is 9.86. The van der Waals surface area contributed by atoms with Crippen molar-refractivity contribution in [2.24, 2.45) is 5.92 Å². The van der Waals surface area contributed by atoms with Crippen molar-refractivity contribution in [1.29, 1.82) is 0 Å². The van der Waals surface area contributed by atoms with Crippen LogP contribution in [0.3, 0.4) is 0 Å². The quantitative estimate of drug-likeness (QED) is 0.261. The molecule has 0 saturated carbocycles. The summed E-state index contributed by atoms with van der Waals surface area (Å²) in [5.74, 6) is -0.480. The minimum atomic E-state index is -4.50. The smallest absolute Gasteiger partial charge is 0.416 e. The van der Waals surface area contributed by atoms with Crippen LogP contribution in [0.25, 0.3) is 11.1 Å². The number of aryl methyl sites for hydroxylation is 1. The van der Waals surface area contributed by atoms with Gasteiger partial charge in [-0.15, -0.1) is 12.4 Å². The van der Waals surface area contributed by atoms with Gasteiger partial charge in [0, 0.05) is 24.7 Å². The average molecular weight is 609 g/mol. The van der Waals surface area contributed by atoms with Gasteiger partial charge in [-0.3, -0.25) is 4.39 Å². The summed E-state index contributed by atoms with van der Waals surface area (Å²) < 4.78 is 52.5. The molecule has 3 aromatic rings. The van der Waals surface area contributed by atoms with Crippen LogP contribution in [-0.2, 0) is 19.0 Å². The number of aromatic carboxylic acids is 1. The monoisotopic (exact) mass is 607 g/mol. The number of alkyl halides is 4. The summed E-state index contributed by atoms with van der Waals surface area (Å²) >= 11 is 6.48. The normalized spacial score (nSPS) is 16.0. The van der Waals surface area contributed by atoms with Crippen molar-refractivity contribution in [2.75, 3.05) is 26.3 Å². The maximum atomic E-state index is 13.3. The zero-order chi connectivity index (χ0) is 28.4. The molecule has 0 spiro atoms. The third-order valence-electron chi connectivity index (χ3n) is 7.83. The lowest BCUT2D eigenvalue weighted by Gasteiger charge is -2.39. The molecule has 41 heavy (non-hydrogen) atoms. The van der Waals surface area contributed by atoms with E-state index in [0.29, 0.717) is 37.2 Å². The van der Waals surface area contributed by atoms with Gasteiger partial charge in [0.15, 0.2) is 0 Å². The number of hydrogen-bond donors (Lipinski definition) is 1. The molecule has 1 fully saturated rings. The zero-order valence-electron chi connectivity index (χ0n) is 22.3. The minimum Gasteiger partial charge on any atom is -0.478 e. The third kappa shape index (κ3) is 6.96. The second kappa shape index (κ2) is 13.0. The van der Waals surface area contributed by atoms with Gasteiger partial charge in [-0.1, -0.05) is 48.0 Å². The number of carbonyl (C=O) groups is 1. The largest absolute Gasteiger partial charge is 0.478 e. The lowest BCUT2D eigenvalue weighted by Crippen LogP contribution is -2.47. The molecule has 0 radical (unpaired) electrons. The molecule has 0 aromatic heterocycles. The first-order valence-electron chi connectivity index (χ1n) is 13.5. The summed E-state index contributed by atoms with van der Waals surface area (Å²) in [5, 5.41) is 9.58. The van der Waals surface area contributed by atoms with Gasteiger partial charge in [-0.25, -0.2) is 4.79 Å². The SMILES string of the molecule is Cl.O=C(O)c1ccc2c(c1)CCCC(c1ccc(C(F)(F)F)cc1Cl)=C2c1ccc(CC2CN(CCCF)C2)cc1. The number of carboxylic acid groups (broad SMARTS) is 1. The van der Waals surface area contributed by atoms with Crippen LogP contribution in [0.15, 0.2) is 60.7 Å². The fraction of sp³-hybridized carbons (Fsp3) is 0.344. The van der Waals surface area contributed by atoms with Gasteiger partial charge in [-0.05, 0) is 101 Å². The second-order valence-corrected chi connectivity index (χ2v) is 11.1. The molecule has 1 heterocycles. The molecule has 1 aliphatic heterocycles. The summed E-state index contributed by atoms with van der Waals surface area (Å²) in [7, 11) is 0. The molecule has 5 rings (SSSR count). The van der Waals surface area contributed by atoms with Crippen molar-refractivity contribution >= 4 is 41.1 Å². The van der Waals surface area contributed by atoms with Crippen LogP contribution in [0, 0.1) is 5.92 Å². The fourth-order valence-corrected chi connectivity index (χ4v) is 6.16. The number of nitrogens with zero attached hydrogens (tertiary/aromatic N) is 1. The van der Waals surface area contributed by atoms with Crippen LogP contribution in [0.2, 0.25) is 5.02 Å². The van der Waals surface area contributed by atoms with E-state index in [1.807, 2.05) is 12.1 Å². The molecule has 0 amide bonds. The van der Waals surface area contributed by atoms with Crippen molar-refractivity contribution in [3.63, 3.8) is 0 Å². The van der Waals surface area contributed by atoms with Gasteiger partial charge in [0.2, 0.25) is 0 Å². The number of rotatable bonds is 8. The molecule has 0 bridgehead atoms. The van der Waals surface area contributed by atoms with Gasteiger partial charge in [-0.2, -0.15) is 13.2 Å². The van der Waals surface area contributed by atoms with Crippen molar-refractivity contribution in [3.8, 4) is 0 Å². The maximum absolute atomic E-state index is 13.3. The van der Waals surface area contributed by atoms with E-state index in [1.165, 1.54) is 11.6 Å². The molecule has 218 valence electrons. The van der Waals surface area contributed by atoms with E-state index >= 15 is 0 Å².